The third-order valence-corrected chi connectivity index (χ3v) is 2.01. The lowest BCUT2D eigenvalue weighted by Gasteiger charge is -2.07. The number of nitrogens with zero attached hydrogens (tertiary/aromatic N) is 1. The number of carboxylic acids is 1. The fraction of sp³-hybridized carbons (Fsp3) is 0.400. The van der Waals surface area contributed by atoms with Crippen LogP contribution in [0.1, 0.15) is 28.9 Å². The van der Waals surface area contributed by atoms with Crippen molar-refractivity contribution in [3.05, 3.63) is 23.5 Å². The van der Waals surface area contributed by atoms with E-state index in [0.29, 0.717) is 5.75 Å². The third-order valence-electron chi connectivity index (χ3n) is 2.01. The van der Waals surface area contributed by atoms with Crippen molar-refractivity contribution in [2.75, 3.05) is 0 Å². The summed E-state index contributed by atoms with van der Waals surface area (Å²) >= 11 is 0. The summed E-state index contributed by atoms with van der Waals surface area (Å²) in [5.41, 5.74) is 0.910. The highest BCUT2D eigenvalue weighted by molar-refractivity contribution is 5.88. The molecule has 1 aliphatic rings. The van der Waals surface area contributed by atoms with Crippen LogP contribution in [0.3, 0.4) is 0 Å². The fourth-order valence-corrected chi connectivity index (χ4v) is 1.16. The largest absolute Gasteiger partial charge is 0.488 e. The van der Waals surface area contributed by atoms with Gasteiger partial charge in [0.15, 0.2) is 11.4 Å². The second kappa shape index (κ2) is 3.29. The molecule has 1 saturated carbocycles. The molecule has 1 aromatic rings. The van der Waals surface area contributed by atoms with Gasteiger partial charge in [0.05, 0.1) is 6.10 Å². The summed E-state index contributed by atoms with van der Waals surface area (Å²) in [7, 11) is 0. The molecule has 0 saturated heterocycles. The number of aromatic carboxylic acids is 1. The molecule has 0 aliphatic heterocycles. The van der Waals surface area contributed by atoms with E-state index in [0.717, 1.165) is 18.4 Å². The molecule has 1 N–H and O–H groups in total. The van der Waals surface area contributed by atoms with Crippen molar-refractivity contribution in [3.63, 3.8) is 0 Å². The number of hydrogen-bond donors (Lipinski definition) is 1. The summed E-state index contributed by atoms with van der Waals surface area (Å²) in [6, 6.07) is 1.72. The van der Waals surface area contributed by atoms with Crippen LogP contribution in [0.25, 0.3) is 0 Å². The maximum Gasteiger partial charge on any atom is 0.358 e. The van der Waals surface area contributed by atoms with Gasteiger partial charge in [-0.25, -0.2) is 9.78 Å². The van der Waals surface area contributed by atoms with E-state index in [4.69, 9.17) is 9.84 Å². The van der Waals surface area contributed by atoms with Crippen molar-refractivity contribution in [2.45, 2.75) is 25.9 Å². The van der Waals surface area contributed by atoms with Gasteiger partial charge in [-0.1, -0.05) is 0 Å². The maximum absolute atomic E-state index is 10.8. The molecule has 14 heavy (non-hydrogen) atoms. The van der Waals surface area contributed by atoms with Gasteiger partial charge in [0.2, 0.25) is 0 Å². The van der Waals surface area contributed by atoms with E-state index in [-0.39, 0.29) is 11.8 Å². The van der Waals surface area contributed by atoms with Gasteiger partial charge in [-0.05, 0) is 31.4 Å². The standard InChI is InChI=1S/C10H11NO3/c1-6-4-8(14-7-2-3-7)9(10(12)13)11-5-6/h4-5,7H,2-3H2,1H3,(H,12,13). The summed E-state index contributed by atoms with van der Waals surface area (Å²) < 4.78 is 5.46. The molecule has 4 heteroatoms. The number of carbonyl (C=O) groups is 1. The number of ether oxygens (including phenoxy) is 1. The molecule has 2 rings (SSSR count). The molecule has 0 atom stereocenters. The highest BCUT2D eigenvalue weighted by atomic mass is 16.5. The summed E-state index contributed by atoms with van der Waals surface area (Å²) in [5.74, 6) is -0.652. The van der Waals surface area contributed by atoms with Crippen LogP contribution in [-0.4, -0.2) is 22.2 Å². The van der Waals surface area contributed by atoms with E-state index >= 15 is 0 Å². The first-order valence-electron chi connectivity index (χ1n) is 4.53. The van der Waals surface area contributed by atoms with Gasteiger partial charge in [-0.2, -0.15) is 0 Å². The normalized spacial score (nSPS) is 15.2. The average Bonchev–Trinajstić information content (AvgIpc) is 2.87. The maximum atomic E-state index is 10.8. The van der Waals surface area contributed by atoms with Crippen LogP contribution in [0, 0.1) is 6.92 Å². The Balaban J connectivity index is 2.31. The predicted molar refractivity (Wildman–Crippen MR) is 49.6 cm³/mol. The Bertz CT molecular complexity index is 372. The van der Waals surface area contributed by atoms with Crippen molar-refractivity contribution in [1.82, 2.24) is 4.98 Å². The second-order valence-electron chi connectivity index (χ2n) is 3.48. The fourth-order valence-electron chi connectivity index (χ4n) is 1.16. The minimum Gasteiger partial charge on any atom is -0.488 e. The summed E-state index contributed by atoms with van der Waals surface area (Å²) in [6.45, 7) is 1.86. The molecule has 0 amide bonds. The van der Waals surface area contributed by atoms with Crippen molar-refractivity contribution >= 4 is 5.97 Å². The van der Waals surface area contributed by atoms with Gasteiger partial charge in [-0.3, -0.25) is 0 Å². The van der Waals surface area contributed by atoms with Crippen molar-refractivity contribution < 1.29 is 14.6 Å². The van der Waals surface area contributed by atoms with Crippen molar-refractivity contribution in [2.24, 2.45) is 0 Å². The van der Waals surface area contributed by atoms with E-state index in [2.05, 4.69) is 4.98 Å². The Labute approximate surface area is 81.5 Å². The van der Waals surface area contributed by atoms with Gasteiger partial charge in [-0.15, -0.1) is 0 Å². The van der Waals surface area contributed by atoms with Crippen LogP contribution >= 0.6 is 0 Å². The molecule has 0 aromatic carbocycles. The summed E-state index contributed by atoms with van der Waals surface area (Å²) in [6.07, 6.45) is 3.74. The first-order valence-corrected chi connectivity index (χ1v) is 4.53. The lowest BCUT2D eigenvalue weighted by Crippen LogP contribution is -2.07. The van der Waals surface area contributed by atoms with Gasteiger partial charge in [0, 0.05) is 6.20 Å². The minimum absolute atomic E-state index is 0.00231. The Morgan fingerprint density at radius 1 is 1.64 bits per heavy atom. The Morgan fingerprint density at radius 2 is 2.36 bits per heavy atom. The smallest absolute Gasteiger partial charge is 0.358 e. The Morgan fingerprint density at radius 3 is 2.93 bits per heavy atom. The van der Waals surface area contributed by atoms with Crippen LogP contribution in [0.2, 0.25) is 0 Å². The first kappa shape index (κ1) is 8.99. The number of aromatic nitrogens is 1. The lowest BCUT2D eigenvalue weighted by molar-refractivity contribution is 0.0685. The molecule has 0 spiro atoms. The van der Waals surface area contributed by atoms with E-state index in [1.54, 1.807) is 6.07 Å². The molecule has 0 bridgehead atoms. The highest BCUT2D eigenvalue weighted by Crippen LogP contribution is 2.28. The average molecular weight is 193 g/mol. The highest BCUT2D eigenvalue weighted by Gasteiger charge is 2.26. The molecular weight excluding hydrogens is 182 g/mol. The number of carboxylic acid groups (broad SMARTS) is 1. The number of rotatable bonds is 3. The monoisotopic (exact) mass is 193 g/mol. The quantitative estimate of drug-likeness (QED) is 0.792. The zero-order chi connectivity index (χ0) is 10.1. The number of aryl methyl sites for hydroxylation is 1. The van der Waals surface area contributed by atoms with Gasteiger partial charge in [0.1, 0.15) is 0 Å². The summed E-state index contributed by atoms with van der Waals surface area (Å²) in [4.78, 5) is 14.6. The van der Waals surface area contributed by atoms with E-state index < -0.39 is 5.97 Å². The predicted octanol–water partition coefficient (Wildman–Crippen LogP) is 1.63. The zero-order valence-corrected chi connectivity index (χ0v) is 7.86. The Kier molecular flexibility index (Phi) is 2.11. The molecule has 1 aliphatic carbocycles. The molecule has 0 radical (unpaired) electrons. The van der Waals surface area contributed by atoms with E-state index in [9.17, 15) is 4.79 Å². The zero-order valence-electron chi connectivity index (χ0n) is 7.86. The molecule has 0 unspecified atom stereocenters. The lowest BCUT2D eigenvalue weighted by atomic mass is 10.2. The van der Waals surface area contributed by atoms with Crippen molar-refractivity contribution in [3.8, 4) is 5.75 Å². The SMILES string of the molecule is Cc1cnc(C(=O)O)c(OC2CC2)c1. The van der Waals surface area contributed by atoms with E-state index in [1.165, 1.54) is 6.20 Å². The molecular formula is C10H11NO3. The first-order chi connectivity index (χ1) is 6.66. The van der Waals surface area contributed by atoms with Crippen LogP contribution in [0.5, 0.6) is 5.75 Å². The van der Waals surface area contributed by atoms with E-state index in [1.807, 2.05) is 6.92 Å². The Hall–Kier alpha value is -1.58. The van der Waals surface area contributed by atoms with Crippen LogP contribution in [0.15, 0.2) is 12.3 Å². The topological polar surface area (TPSA) is 59.4 Å². The molecule has 1 fully saturated rings. The molecule has 4 nitrogen and oxygen atoms in total. The summed E-state index contributed by atoms with van der Waals surface area (Å²) in [5, 5.41) is 8.85. The van der Waals surface area contributed by atoms with Gasteiger partial charge in [0.25, 0.3) is 0 Å². The van der Waals surface area contributed by atoms with Gasteiger partial charge < -0.3 is 9.84 Å². The molecule has 1 aromatic heterocycles. The second-order valence-corrected chi connectivity index (χ2v) is 3.48. The molecule has 74 valence electrons. The van der Waals surface area contributed by atoms with Gasteiger partial charge >= 0.3 is 5.97 Å². The molecule has 1 heterocycles. The third kappa shape index (κ3) is 1.84. The number of pyridine rings is 1. The van der Waals surface area contributed by atoms with Crippen LogP contribution < -0.4 is 4.74 Å². The van der Waals surface area contributed by atoms with Crippen molar-refractivity contribution in [1.29, 1.82) is 0 Å². The van der Waals surface area contributed by atoms with Crippen LogP contribution in [0.4, 0.5) is 0 Å². The minimum atomic E-state index is -1.04. The number of hydrogen-bond acceptors (Lipinski definition) is 3. The van der Waals surface area contributed by atoms with Crippen LogP contribution in [-0.2, 0) is 0 Å².